The van der Waals surface area contributed by atoms with Gasteiger partial charge in [-0.05, 0) is 36.0 Å². The van der Waals surface area contributed by atoms with Gasteiger partial charge in [-0.25, -0.2) is 14.4 Å². The van der Waals surface area contributed by atoms with E-state index in [1.54, 1.807) is 32.0 Å². The van der Waals surface area contributed by atoms with Crippen molar-refractivity contribution in [3.8, 4) is 0 Å². The molecule has 6 aliphatic rings. The minimum absolute atomic E-state index is 0.0365. The summed E-state index contributed by atoms with van der Waals surface area (Å²) in [5.41, 5.74) is -5.04. The topological polar surface area (TPSA) is 245 Å². The summed E-state index contributed by atoms with van der Waals surface area (Å²) in [7, 11) is 1.05. The highest BCUT2D eigenvalue weighted by molar-refractivity contribution is 5.97. The number of methoxy groups -OCH3 is 1. The maximum atomic E-state index is 13.8. The van der Waals surface area contributed by atoms with Gasteiger partial charge in [-0.15, -0.1) is 0 Å². The maximum Gasteiger partial charge on any atom is 0.348 e. The van der Waals surface area contributed by atoms with Crippen molar-refractivity contribution in [2.24, 2.45) is 34.5 Å². The van der Waals surface area contributed by atoms with Crippen LogP contribution in [0.2, 0.25) is 0 Å². The van der Waals surface area contributed by atoms with E-state index in [4.69, 9.17) is 28.4 Å². The lowest BCUT2D eigenvalue weighted by Crippen LogP contribution is -2.79. The SMILES string of the molecule is COC(=O)[C@@]12OC[C@@]34[C@H](C[C@@H]5[C@@H](C)C(=O)C(O[C@H]6O[C@H](CO)[C@@H](O)[C@H](O)[C@H]6O)=C[C@]5(C)[C@H]3[C@@H](O)[C@@H]1O)OC(=O)[C@H](OC(=O)c1ccccc1)[C@@H]24. The minimum atomic E-state index is -2.36. The van der Waals surface area contributed by atoms with E-state index in [1.807, 2.05) is 0 Å². The molecule has 1 aromatic rings. The maximum absolute atomic E-state index is 13.8. The van der Waals surface area contributed by atoms with Gasteiger partial charge in [0.25, 0.3) is 0 Å². The van der Waals surface area contributed by atoms with Crippen molar-refractivity contribution in [1.29, 1.82) is 0 Å². The molecule has 16 nitrogen and oxygen atoms in total. The van der Waals surface area contributed by atoms with Gasteiger partial charge in [0.15, 0.2) is 11.5 Å². The van der Waals surface area contributed by atoms with Gasteiger partial charge in [0.05, 0.1) is 37.9 Å². The normalized spacial score (nSPS) is 47.6. The molecule has 6 N–H and O–H groups in total. The molecule has 3 heterocycles. The van der Waals surface area contributed by atoms with Gasteiger partial charge in [-0.1, -0.05) is 32.0 Å². The van der Waals surface area contributed by atoms with E-state index >= 15 is 0 Å². The van der Waals surface area contributed by atoms with E-state index in [9.17, 15) is 49.8 Å². The molecular weight excluding hydrogens is 664 g/mol. The Kier molecular flexibility index (Phi) is 8.42. The van der Waals surface area contributed by atoms with E-state index in [0.29, 0.717) is 0 Å². The zero-order valence-electron chi connectivity index (χ0n) is 27.4. The molecule has 0 amide bonds. The van der Waals surface area contributed by atoms with Crippen LogP contribution in [-0.4, -0.2) is 135 Å². The molecule has 50 heavy (non-hydrogen) atoms. The first-order valence-electron chi connectivity index (χ1n) is 16.5. The summed E-state index contributed by atoms with van der Waals surface area (Å²) in [6.45, 7) is 2.24. The molecule has 7 rings (SSSR count). The van der Waals surface area contributed by atoms with Crippen molar-refractivity contribution in [3.63, 3.8) is 0 Å². The number of hydrogen-bond acceptors (Lipinski definition) is 16. The largest absolute Gasteiger partial charge is 0.467 e. The van der Waals surface area contributed by atoms with E-state index in [1.165, 1.54) is 18.2 Å². The predicted octanol–water partition coefficient (Wildman–Crippen LogP) is -2.02. The Hall–Kier alpha value is -3.48. The van der Waals surface area contributed by atoms with E-state index in [0.717, 1.165) is 7.11 Å². The first kappa shape index (κ1) is 34.9. The second kappa shape index (κ2) is 12.1. The lowest BCUT2D eigenvalue weighted by Gasteiger charge is -2.67. The Morgan fingerprint density at radius 3 is 2.34 bits per heavy atom. The highest BCUT2D eigenvalue weighted by Gasteiger charge is 2.85. The molecule has 3 aliphatic heterocycles. The van der Waals surface area contributed by atoms with Crippen LogP contribution in [0.1, 0.15) is 30.6 Å². The second-order valence-corrected chi connectivity index (χ2v) is 14.4. The number of aliphatic hydroxyl groups is 6. The third-order valence-corrected chi connectivity index (χ3v) is 12.2. The Morgan fingerprint density at radius 1 is 0.980 bits per heavy atom. The molecule has 16 heteroatoms. The standard InChI is InChI=1S/C34H40O16/c1-13-15-9-18-33-12-46-34(31(44)45-3,26(33)24(29(43)49-18)50-28(42)14-7-5-4-6-8-14)27(41)23(40)25(33)32(15,2)10-16(19(13)36)47-30-22(39)21(38)20(37)17(11-35)48-30/h4-8,10,13,15,17-18,20-27,30,35,37-41H,9,11-12H2,1-3H3/t13-,15-,17-,18+,20-,21+,22-,23-,24-,25-,26-,27+,30+,32+,33-,34+/m1/s1. The smallest absolute Gasteiger partial charge is 0.348 e. The number of ketones is 1. The van der Waals surface area contributed by atoms with Gasteiger partial charge < -0.3 is 59.1 Å². The average molecular weight is 705 g/mol. The van der Waals surface area contributed by atoms with Crippen molar-refractivity contribution < 1.29 is 78.2 Å². The summed E-state index contributed by atoms with van der Waals surface area (Å²) in [6, 6.07) is 7.80. The van der Waals surface area contributed by atoms with Crippen molar-refractivity contribution >= 4 is 23.7 Å². The molecule has 16 atom stereocenters. The summed E-state index contributed by atoms with van der Waals surface area (Å²) in [6.07, 6.45) is -13.5. The van der Waals surface area contributed by atoms with Crippen molar-refractivity contribution in [2.75, 3.05) is 20.3 Å². The number of allylic oxidation sites excluding steroid dienone is 2. The monoisotopic (exact) mass is 704 g/mol. The van der Waals surface area contributed by atoms with Crippen LogP contribution < -0.4 is 0 Å². The number of ether oxygens (including phenoxy) is 6. The number of benzene rings is 1. The van der Waals surface area contributed by atoms with Gasteiger partial charge in [0, 0.05) is 17.3 Å². The van der Waals surface area contributed by atoms with E-state index in [-0.39, 0.29) is 24.4 Å². The molecule has 2 saturated carbocycles. The highest BCUT2D eigenvalue weighted by atomic mass is 16.7. The first-order valence-corrected chi connectivity index (χ1v) is 16.5. The Bertz CT molecular complexity index is 1600. The third kappa shape index (κ3) is 4.52. The highest BCUT2D eigenvalue weighted by Crippen LogP contribution is 2.72. The summed E-state index contributed by atoms with van der Waals surface area (Å²) in [5.74, 6) is -7.95. The fourth-order valence-electron chi connectivity index (χ4n) is 9.93. The molecule has 0 unspecified atom stereocenters. The quantitative estimate of drug-likeness (QED) is 0.138. The number of Topliss-reactive ketones (excluding diaryl/α,β-unsaturated/α-hetero) is 1. The van der Waals surface area contributed by atoms with Crippen molar-refractivity contribution in [2.45, 2.75) is 81.0 Å². The van der Waals surface area contributed by atoms with Crippen LogP contribution >= 0.6 is 0 Å². The Balaban J connectivity index is 1.34. The van der Waals surface area contributed by atoms with Crippen LogP contribution in [0.25, 0.3) is 0 Å². The zero-order chi connectivity index (χ0) is 36.1. The van der Waals surface area contributed by atoms with Gasteiger partial charge in [-0.2, -0.15) is 0 Å². The molecule has 0 aromatic heterocycles. The second-order valence-electron chi connectivity index (χ2n) is 14.4. The van der Waals surface area contributed by atoms with Gasteiger partial charge in [0.1, 0.15) is 36.6 Å². The van der Waals surface area contributed by atoms with Crippen LogP contribution in [0, 0.1) is 34.5 Å². The van der Waals surface area contributed by atoms with Crippen LogP contribution in [0.15, 0.2) is 42.2 Å². The van der Waals surface area contributed by atoms with Gasteiger partial charge in [0.2, 0.25) is 18.0 Å². The number of hydrogen-bond donors (Lipinski definition) is 6. The minimum Gasteiger partial charge on any atom is -0.467 e. The molecule has 5 fully saturated rings. The van der Waals surface area contributed by atoms with E-state index in [2.05, 4.69) is 0 Å². The van der Waals surface area contributed by atoms with Crippen LogP contribution in [0.5, 0.6) is 0 Å². The van der Waals surface area contributed by atoms with Crippen LogP contribution in [-0.2, 0) is 42.8 Å². The van der Waals surface area contributed by atoms with Crippen molar-refractivity contribution in [1.82, 2.24) is 0 Å². The van der Waals surface area contributed by atoms with Gasteiger partial charge >= 0.3 is 17.9 Å². The number of rotatable bonds is 6. The molecular formula is C34H40O16. The molecule has 2 bridgehead atoms. The number of fused-ring (bicyclic) bond motifs is 2. The summed E-state index contributed by atoms with van der Waals surface area (Å²) < 4.78 is 34.4. The van der Waals surface area contributed by atoms with Crippen LogP contribution in [0.4, 0.5) is 0 Å². The fraction of sp³-hybridized carbons (Fsp3) is 0.647. The molecule has 1 aromatic carbocycles. The third-order valence-electron chi connectivity index (χ3n) is 12.2. The number of carbonyl (C=O) groups is 4. The number of aliphatic hydroxyl groups excluding tert-OH is 6. The summed E-state index contributed by atoms with van der Waals surface area (Å²) in [4.78, 5) is 54.7. The average Bonchev–Trinajstić information content (AvgIpc) is 3.41. The lowest BCUT2D eigenvalue weighted by molar-refractivity contribution is -0.295. The molecule has 1 spiro atoms. The lowest BCUT2D eigenvalue weighted by atomic mass is 9.38. The number of esters is 3. The summed E-state index contributed by atoms with van der Waals surface area (Å²) in [5, 5.41) is 64.9. The van der Waals surface area contributed by atoms with Gasteiger partial charge in [-0.3, -0.25) is 4.79 Å². The number of carbonyl (C=O) groups excluding carboxylic acids is 4. The predicted molar refractivity (Wildman–Crippen MR) is 161 cm³/mol. The zero-order valence-corrected chi connectivity index (χ0v) is 27.4. The molecule has 3 aliphatic carbocycles. The van der Waals surface area contributed by atoms with Crippen molar-refractivity contribution in [3.05, 3.63) is 47.7 Å². The summed E-state index contributed by atoms with van der Waals surface area (Å²) >= 11 is 0. The first-order chi connectivity index (χ1) is 23.7. The van der Waals surface area contributed by atoms with Crippen LogP contribution in [0.3, 0.4) is 0 Å². The fourth-order valence-corrected chi connectivity index (χ4v) is 9.93. The molecule has 0 radical (unpaired) electrons. The Morgan fingerprint density at radius 2 is 1.68 bits per heavy atom. The molecule has 272 valence electrons. The molecule has 3 saturated heterocycles. The Labute approximate surface area is 285 Å². The van der Waals surface area contributed by atoms with E-state index < -0.39 is 126 Å².